The van der Waals surface area contributed by atoms with E-state index in [4.69, 9.17) is 5.11 Å². The van der Waals surface area contributed by atoms with Crippen molar-refractivity contribution in [1.29, 1.82) is 0 Å². The Morgan fingerprint density at radius 2 is 1.88 bits per heavy atom. The second-order valence-corrected chi connectivity index (χ2v) is 7.04. The number of carboxylic acids is 1. The van der Waals surface area contributed by atoms with Gasteiger partial charge in [-0.25, -0.2) is 0 Å². The monoisotopic (exact) mass is 352 g/mol. The quantitative estimate of drug-likeness (QED) is 0.390. The maximum Gasteiger partial charge on any atom is 0.303 e. The summed E-state index contributed by atoms with van der Waals surface area (Å²) in [6.45, 7) is 2.10. The minimum Gasteiger partial charge on any atom is -0.481 e. The normalized spacial score (nSPS) is 23.4. The van der Waals surface area contributed by atoms with Gasteiger partial charge in [0.25, 0.3) is 0 Å². The number of aliphatic carboxylic acids is 1. The molecule has 0 spiro atoms. The fraction of sp³-hybridized carbons (Fsp3) is 0.750. The number of Topliss-reactive ketones (excluding diaryl/α,β-unsaturated/α-hetero) is 2. The van der Waals surface area contributed by atoms with Crippen molar-refractivity contribution in [2.24, 2.45) is 11.8 Å². The Bertz CT molecular complexity index is 469. The predicted molar refractivity (Wildman–Crippen MR) is 96.2 cm³/mol. The highest BCUT2D eigenvalue weighted by Crippen LogP contribution is 2.35. The molecule has 1 rings (SSSR count). The molecule has 1 fully saturated rings. The Balaban J connectivity index is 2.39. The lowest BCUT2D eigenvalue weighted by molar-refractivity contribution is -0.137. The Morgan fingerprint density at radius 3 is 2.56 bits per heavy atom. The van der Waals surface area contributed by atoms with Crippen LogP contribution in [-0.4, -0.2) is 33.9 Å². The Labute approximate surface area is 150 Å². The molecule has 1 aliphatic carbocycles. The van der Waals surface area contributed by atoms with Crippen LogP contribution in [0.5, 0.6) is 0 Å². The zero-order valence-corrected chi connectivity index (χ0v) is 15.3. The van der Waals surface area contributed by atoms with Gasteiger partial charge in [-0.15, -0.1) is 0 Å². The van der Waals surface area contributed by atoms with Crippen molar-refractivity contribution in [3.8, 4) is 0 Å². The molecule has 5 nitrogen and oxygen atoms in total. The van der Waals surface area contributed by atoms with Crippen LogP contribution in [0.15, 0.2) is 12.2 Å². The second kappa shape index (κ2) is 12.0. The van der Waals surface area contributed by atoms with Crippen LogP contribution in [0.4, 0.5) is 0 Å². The third-order valence-electron chi connectivity index (χ3n) is 4.96. The molecule has 3 atom stereocenters. The van der Waals surface area contributed by atoms with Crippen LogP contribution in [0.3, 0.4) is 0 Å². The van der Waals surface area contributed by atoms with Crippen LogP contribution >= 0.6 is 0 Å². The summed E-state index contributed by atoms with van der Waals surface area (Å²) in [7, 11) is 0. The molecule has 5 heteroatoms. The SMILES string of the molecule is CCCCCC(=O)CC[C@H]1C(=O)CC(O)[C@@H]1C/C=C\CCCC(=O)O. The van der Waals surface area contributed by atoms with Gasteiger partial charge in [0.15, 0.2) is 0 Å². The lowest BCUT2D eigenvalue weighted by Crippen LogP contribution is -2.21. The molecule has 0 aromatic heterocycles. The van der Waals surface area contributed by atoms with Gasteiger partial charge in [-0.05, 0) is 38.0 Å². The standard InChI is InChI=1S/C20H32O5/c1-2-3-6-9-15(21)12-13-17-16(18(22)14-19(17)23)10-7-4-5-8-11-20(24)25/h4,7,16-18,22H,2-3,5-6,8-14H2,1H3,(H,24,25)/b7-4-/t16-,17-,18?/m1/s1. The fourth-order valence-corrected chi connectivity index (χ4v) is 3.47. The van der Waals surface area contributed by atoms with Gasteiger partial charge in [0, 0.05) is 31.6 Å². The Morgan fingerprint density at radius 1 is 1.12 bits per heavy atom. The van der Waals surface area contributed by atoms with E-state index in [0.717, 1.165) is 19.3 Å². The number of carboxylic acid groups (broad SMARTS) is 1. The minimum absolute atomic E-state index is 0.0677. The topological polar surface area (TPSA) is 91.7 Å². The van der Waals surface area contributed by atoms with Crippen molar-refractivity contribution >= 4 is 17.5 Å². The third-order valence-corrected chi connectivity index (χ3v) is 4.96. The molecule has 0 aliphatic heterocycles. The van der Waals surface area contributed by atoms with Crippen LogP contribution in [0, 0.1) is 11.8 Å². The average molecular weight is 352 g/mol. The van der Waals surface area contributed by atoms with E-state index in [2.05, 4.69) is 6.92 Å². The van der Waals surface area contributed by atoms with E-state index in [1.807, 2.05) is 12.2 Å². The summed E-state index contributed by atoms with van der Waals surface area (Å²) in [5.74, 6) is -0.863. The van der Waals surface area contributed by atoms with E-state index in [1.54, 1.807) is 0 Å². The van der Waals surface area contributed by atoms with E-state index in [1.165, 1.54) is 0 Å². The number of unbranched alkanes of at least 4 members (excludes halogenated alkanes) is 3. The molecule has 0 bridgehead atoms. The number of ketones is 2. The maximum atomic E-state index is 12.1. The first-order valence-electron chi connectivity index (χ1n) is 9.55. The summed E-state index contributed by atoms with van der Waals surface area (Å²) in [6, 6.07) is 0. The van der Waals surface area contributed by atoms with Gasteiger partial charge in [-0.2, -0.15) is 0 Å². The fourth-order valence-electron chi connectivity index (χ4n) is 3.47. The number of aliphatic hydroxyl groups is 1. The van der Waals surface area contributed by atoms with Gasteiger partial charge >= 0.3 is 5.97 Å². The summed E-state index contributed by atoms with van der Waals surface area (Å²) in [4.78, 5) is 34.5. The number of rotatable bonds is 13. The minimum atomic E-state index is -0.797. The van der Waals surface area contributed by atoms with Crippen molar-refractivity contribution in [2.45, 2.75) is 83.7 Å². The Kier molecular flexibility index (Phi) is 10.3. The van der Waals surface area contributed by atoms with Crippen LogP contribution < -0.4 is 0 Å². The number of hydrogen-bond donors (Lipinski definition) is 2. The van der Waals surface area contributed by atoms with Crippen LogP contribution in [0.2, 0.25) is 0 Å². The summed E-state index contributed by atoms with van der Waals surface area (Å²) < 4.78 is 0. The van der Waals surface area contributed by atoms with Gasteiger partial charge in [0.05, 0.1) is 6.10 Å². The van der Waals surface area contributed by atoms with Crippen LogP contribution in [0.25, 0.3) is 0 Å². The second-order valence-electron chi connectivity index (χ2n) is 7.04. The van der Waals surface area contributed by atoms with Gasteiger partial charge in [-0.1, -0.05) is 31.9 Å². The van der Waals surface area contributed by atoms with E-state index in [9.17, 15) is 19.5 Å². The largest absolute Gasteiger partial charge is 0.481 e. The van der Waals surface area contributed by atoms with Gasteiger partial charge in [-0.3, -0.25) is 14.4 Å². The summed E-state index contributed by atoms with van der Waals surface area (Å²) in [5, 5.41) is 18.7. The maximum absolute atomic E-state index is 12.1. The number of allylic oxidation sites excluding steroid dienone is 2. The average Bonchev–Trinajstić information content (AvgIpc) is 2.82. The summed E-state index contributed by atoms with van der Waals surface area (Å²) in [6.07, 6.45) is 10.1. The van der Waals surface area contributed by atoms with E-state index >= 15 is 0 Å². The first-order chi connectivity index (χ1) is 12.0. The predicted octanol–water partition coefficient (Wildman–Crippen LogP) is 3.68. The lowest BCUT2D eigenvalue weighted by Gasteiger charge is -2.19. The molecule has 1 unspecified atom stereocenters. The molecule has 0 aromatic carbocycles. The van der Waals surface area contributed by atoms with Gasteiger partial charge in [0.2, 0.25) is 0 Å². The number of aliphatic hydroxyl groups excluding tert-OH is 1. The highest BCUT2D eigenvalue weighted by Gasteiger charge is 2.40. The molecule has 142 valence electrons. The molecular weight excluding hydrogens is 320 g/mol. The molecule has 0 radical (unpaired) electrons. The molecule has 0 saturated heterocycles. The molecule has 0 heterocycles. The van der Waals surface area contributed by atoms with Crippen molar-refractivity contribution in [1.82, 2.24) is 0 Å². The number of carbonyl (C=O) groups excluding carboxylic acids is 2. The molecule has 0 aromatic rings. The summed E-state index contributed by atoms with van der Waals surface area (Å²) >= 11 is 0. The van der Waals surface area contributed by atoms with Crippen LogP contribution in [-0.2, 0) is 14.4 Å². The number of carbonyl (C=O) groups is 3. The number of hydrogen-bond acceptors (Lipinski definition) is 4. The molecule has 1 saturated carbocycles. The Hall–Kier alpha value is -1.49. The molecule has 25 heavy (non-hydrogen) atoms. The van der Waals surface area contributed by atoms with E-state index < -0.39 is 12.1 Å². The van der Waals surface area contributed by atoms with Gasteiger partial charge in [0.1, 0.15) is 11.6 Å². The van der Waals surface area contributed by atoms with Crippen molar-refractivity contribution in [2.75, 3.05) is 0 Å². The molecular formula is C20H32O5. The first-order valence-corrected chi connectivity index (χ1v) is 9.55. The van der Waals surface area contributed by atoms with Crippen LogP contribution in [0.1, 0.15) is 77.6 Å². The van der Waals surface area contributed by atoms with Crippen molar-refractivity contribution < 1.29 is 24.6 Å². The van der Waals surface area contributed by atoms with E-state index in [-0.39, 0.29) is 36.2 Å². The molecule has 1 aliphatic rings. The van der Waals surface area contributed by atoms with Crippen molar-refractivity contribution in [3.63, 3.8) is 0 Å². The zero-order chi connectivity index (χ0) is 18.7. The molecule has 2 N–H and O–H groups in total. The highest BCUT2D eigenvalue weighted by molar-refractivity contribution is 5.85. The van der Waals surface area contributed by atoms with Crippen molar-refractivity contribution in [3.05, 3.63) is 12.2 Å². The van der Waals surface area contributed by atoms with E-state index in [0.29, 0.717) is 38.5 Å². The molecule has 0 amide bonds. The highest BCUT2D eigenvalue weighted by atomic mass is 16.4. The lowest BCUT2D eigenvalue weighted by atomic mass is 9.86. The first kappa shape index (κ1) is 21.6. The van der Waals surface area contributed by atoms with Gasteiger partial charge < -0.3 is 10.2 Å². The zero-order valence-electron chi connectivity index (χ0n) is 15.3. The summed E-state index contributed by atoms with van der Waals surface area (Å²) in [5.41, 5.74) is 0. The third kappa shape index (κ3) is 8.43. The smallest absolute Gasteiger partial charge is 0.303 e.